The van der Waals surface area contributed by atoms with E-state index in [0.29, 0.717) is 11.6 Å². The summed E-state index contributed by atoms with van der Waals surface area (Å²) < 4.78 is 11.3. The lowest BCUT2D eigenvalue weighted by molar-refractivity contribution is 0.179. The summed E-state index contributed by atoms with van der Waals surface area (Å²) in [5.41, 5.74) is 1.97. The summed E-state index contributed by atoms with van der Waals surface area (Å²) in [6, 6.07) is 7.56. The largest absolute Gasteiger partial charge is 0.478 e. The number of aryl methyl sites for hydroxylation is 1. The van der Waals surface area contributed by atoms with E-state index in [-0.39, 0.29) is 6.10 Å². The molecule has 1 aromatic carbocycles. The number of ether oxygens (including phenoxy) is 1. The van der Waals surface area contributed by atoms with Crippen molar-refractivity contribution in [1.29, 1.82) is 0 Å². The molecule has 0 amide bonds. The minimum absolute atomic E-state index is 0.0858. The van der Waals surface area contributed by atoms with Gasteiger partial charge >= 0.3 is 0 Å². The molecule has 0 saturated heterocycles. The Balaban J connectivity index is 1.95. The summed E-state index contributed by atoms with van der Waals surface area (Å²) in [7, 11) is 0. The zero-order valence-corrected chi connectivity index (χ0v) is 10.1. The maximum atomic E-state index is 6.00. The highest BCUT2D eigenvalue weighted by Crippen LogP contribution is 2.38. The zero-order chi connectivity index (χ0) is 11.8. The molecule has 3 rings (SSSR count). The van der Waals surface area contributed by atoms with Crippen molar-refractivity contribution < 1.29 is 9.15 Å². The standard InChI is InChI=1S/C13H12ClNO2/c1-8-5-9(14)6-10-13(8)17-12(7-15-10)11-3-2-4-16-11/h2-6,12,15H,7H2,1H3. The van der Waals surface area contributed by atoms with Crippen molar-refractivity contribution in [2.45, 2.75) is 13.0 Å². The average Bonchev–Trinajstić information content (AvgIpc) is 2.82. The van der Waals surface area contributed by atoms with Crippen LogP contribution in [0.4, 0.5) is 5.69 Å². The summed E-state index contributed by atoms with van der Waals surface area (Å²) >= 11 is 6.00. The summed E-state index contributed by atoms with van der Waals surface area (Å²) in [5.74, 6) is 1.68. The highest BCUT2D eigenvalue weighted by atomic mass is 35.5. The van der Waals surface area contributed by atoms with Gasteiger partial charge in [0.1, 0.15) is 11.5 Å². The van der Waals surface area contributed by atoms with Crippen LogP contribution in [0.3, 0.4) is 0 Å². The van der Waals surface area contributed by atoms with Gasteiger partial charge in [-0.25, -0.2) is 0 Å². The summed E-state index contributed by atoms with van der Waals surface area (Å²) in [4.78, 5) is 0. The second kappa shape index (κ2) is 4.00. The van der Waals surface area contributed by atoms with Crippen LogP contribution in [0.2, 0.25) is 5.02 Å². The Bertz CT molecular complexity index is 537. The minimum Gasteiger partial charge on any atom is -0.478 e. The van der Waals surface area contributed by atoms with Crippen LogP contribution in [-0.2, 0) is 0 Å². The molecule has 4 heteroatoms. The first-order chi connectivity index (χ1) is 8.24. The van der Waals surface area contributed by atoms with Crippen LogP contribution < -0.4 is 10.1 Å². The molecule has 1 aromatic heterocycles. The molecule has 1 unspecified atom stereocenters. The van der Waals surface area contributed by atoms with E-state index in [1.165, 1.54) is 0 Å². The van der Waals surface area contributed by atoms with Crippen LogP contribution >= 0.6 is 11.6 Å². The first-order valence-corrected chi connectivity index (χ1v) is 5.86. The van der Waals surface area contributed by atoms with Crippen molar-refractivity contribution in [3.63, 3.8) is 0 Å². The third-order valence-corrected chi connectivity index (χ3v) is 3.06. The molecular formula is C13H12ClNO2. The van der Waals surface area contributed by atoms with Crippen molar-refractivity contribution in [2.24, 2.45) is 0 Å². The number of anilines is 1. The molecule has 2 aromatic rings. The lowest BCUT2D eigenvalue weighted by Crippen LogP contribution is -2.23. The number of nitrogens with one attached hydrogen (secondary N) is 1. The minimum atomic E-state index is -0.0858. The highest BCUT2D eigenvalue weighted by Gasteiger charge is 2.24. The third kappa shape index (κ3) is 1.87. The number of furan rings is 1. The molecule has 1 aliphatic rings. The van der Waals surface area contributed by atoms with Gasteiger partial charge in [-0.15, -0.1) is 0 Å². The maximum absolute atomic E-state index is 6.00. The first-order valence-electron chi connectivity index (χ1n) is 5.48. The van der Waals surface area contributed by atoms with Crippen LogP contribution in [-0.4, -0.2) is 6.54 Å². The van der Waals surface area contributed by atoms with Crippen LogP contribution in [0.25, 0.3) is 0 Å². The number of rotatable bonds is 1. The van der Waals surface area contributed by atoms with Gasteiger partial charge in [0.15, 0.2) is 6.10 Å². The van der Waals surface area contributed by atoms with Crippen molar-refractivity contribution >= 4 is 17.3 Å². The van der Waals surface area contributed by atoms with Crippen molar-refractivity contribution in [3.05, 3.63) is 46.9 Å². The summed E-state index contributed by atoms with van der Waals surface area (Å²) in [5, 5.41) is 4.03. The Morgan fingerprint density at radius 3 is 3.06 bits per heavy atom. The van der Waals surface area contributed by atoms with Crippen LogP contribution in [0, 0.1) is 6.92 Å². The molecule has 0 fully saturated rings. The second-order valence-electron chi connectivity index (χ2n) is 4.10. The van der Waals surface area contributed by atoms with E-state index in [4.69, 9.17) is 20.8 Å². The second-order valence-corrected chi connectivity index (χ2v) is 4.54. The maximum Gasteiger partial charge on any atom is 0.173 e. The van der Waals surface area contributed by atoms with Gasteiger partial charge in [0.05, 0.1) is 18.5 Å². The Kier molecular flexibility index (Phi) is 2.48. The van der Waals surface area contributed by atoms with E-state index in [1.807, 2.05) is 31.2 Å². The lowest BCUT2D eigenvalue weighted by atomic mass is 10.1. The molecular weight excluding hydrogens is 238 g/mol. The fraction of sp³-hybridized carbons (Fsp3) is 0.231. The van der Waals surface area contributed by atoms with Gasteiger partial charge in [0.25, 0.3) is 0 Å². The molecule has 0 aliphatic carbocycles. The van der Waals surface area contributed by atoms with E-state index in [0.717, 1.165) is 22.8 Å². The zero-order valence-electron chi connectivity index (χ0n) is 9.37. The van der Waals surface area contributed by atoms with Crippen molar-refractivity contribution in [1.82, 2.24) is 0 Å². The quantitative estimate of drug-likeness (QED) is 0.835. The molecule has 1 N–H and O–H groups in total. The molecule has 88 valence electrons. The van der Waals surface area contributed by atoms with E-state index in [2.05, 4.69) is 5.32 Å². The smallest absolute Gasteiger partial charge is 0.173 e. The van der Waals surface area contributed by atoms with Gasteiger partial charge in [0.2, 0.25) is 0 Å². The van der Waals surface area contributed by atoms with Gasteiger partial charge in [-0.05, 0) is 36.8 Å². The van der Waals surface area contributed by atoms with Gasteiger partial charge < -0.3 is 14.5 Å². The predicted molar refractivity (Wildman–Crippen MR) is 66.8 cm³/mol. The number of benzene rings is 1. The topological polar surface area (TPSA) is 34.4 Å². The van der Waals surface area contributed by atoms with Crippen LogP contribution in [0.5, 0.6) is 5.75 Å². The number of fused-ring (bicyclic) bond motifs is 1. The summed E-state index contributed by atoms with van der Waals surface area (Å²) in [6.45, 7) is 2.66. The SMILES string of the molecule is Cc1cc(Cl)cc2c1OC(c1ccco1)CN2. The summed E-state index contributed by atoms with van der Waals surface area (Å²) in [6.07, 6.45) is 1.57. The Morgan fingerprint density at radius 2 is 2.29 bits per heavy atom. The van der Waals surface area contributed by atoms with Crippen LogP contribution in [0.15, 0.2) is 34.9 Å². The molecule has 0 spiro atoms. The number of halogens is 1. The molecule has 17 heavy (non-hydrogen) atoms. The number of hydrogen-bond acceptors (Lipinski definition) is 3. The van der Waals surface area contributed by atoms with Gasteiger partial charge in [-0.1, -0.05) is 11.6 Å². The van der Waals surface area contributed by atoms with E-state index in [9.17, 15) is 0 Å². The molecule has 1 atom stereocenters. The average molecular weight is 250 g/mol. The van der Waals surface area contributed by atoms with Crippen molar-refractivity contribution in [2.75, 3.05) is 11.9 Å². The fourth-order valence-electron chi connectivity index (χ4n) is 2.04. The van der Waals surface area contributed by atoms with Gasteiger partial charge in [0, 0.05) is 5.02 Å². The molecule has 1 aliphatic heterocycles. The van der Waals surface area contributed by atoms with Gasteiger partial charge in [-0.3, -0.25) is 0 Å². The number of hydrogen-bond donors (Lipinski definition) is 1. The normalized spacial score (nSPS) is 18.1. The molecule has 2 heterocycles. The molecule has 0 saturated carbocycles. The monoisotopic (exact) mass is 249 g/mol. The Labute approximate surface area is 104 Å². The highest BCUT2D eigenvalue weighted by molar-refractivity contribution is 6.31. The Morgan fingerprint density at radius 1 is 1.41 bits per heavy atom. The predicted octanol–water partition coefficient (Wildman–Crippen LogP) is 3.79. The lowest BCUT2D eigenvalue weighted by Gasteiger charge is -2.27. The van der Waals surface area contributed by atoms with E-state index >= 15 is 0 Å². The molecule has 0 bridgehead atoms. The van der Waals surface area contributed by atoms with Crippen LogP contribution in [0.1, 0.15) is 17.4 Å². The third-order valence-electron chi connectivity index (χ3n) is 2.84. The molecule has 3 nitrogen and oxygen atoms in total. The Hall–Kier alpha value is -1.61. The first kappa shape index (κ1) is 10.5. The van der Waals surface area contributed by atoms with Gasteiger partial charge in [-0.2, -0.15) is 0 Å². The van der Waals surface area contributed by atoms with E-state index in [1.54, 1.807) is 6.26 Å². The fourth-order valence-corrected chi connectivity index (χ4v) is 2.31. The van der Waals surface area contributed by atoms with Crippen molar-refractivity contribution in [3.8, 4) is 5.75 Å². The molecule has 0 radical (unpaired) electrons. The van der Waals surface area contributed by atoms with E-state index < -0.39 is 0 Å².